The smallest absolute Gasteiger partial charge is 0.269 e. The van der Waals surface area contributed by atoms with Crippen LogP contribution in [0.5, 0.6) is 0 Å². The van der Waals surface area contributed by atoms with E-state index >= 15 is 0 Å². The summed E-state index contributed by atoms with van der Waals surface area (Å²) in [6, 6.07) is 9.38. The summed E-state index contributed by atoms with van der Waals surface area (Å²) in [7, 11) is 1.54. The maximum Gasteiger partial charge on any atom is 0.269 e. The van der Waals surface area contributed by atoms with Gasteiger partial charge in [0.2, 0.25) is 5.91 Å². The van der Waals surface area contributed by atoms with Crippen LogP contribution in [0.2, 0.25) is 5.02 Å². The molecule has 0 atom stereocenters. The normalized spacial score (nSPS) is 10.4. The molecule has 1 N–H and O–H groups in total. The molecule has 0 saturated carbocycles. The quantitative estimate of drug-likeness (QED) is 0.606. The Balaban J connectivity index is 1.97. The van der Waals surface area contributed by atoms with Crippen molar-refractivity contribution in [2.45, 2.75) is 20.4 Å². The van der Waals surface area contributed by atoms with Crippen molar-refractivity contribution in [3.8, 4) is 0 Å². The number of aryl methyl sites for hydroxylation is 2. The number of carbonyl (C=O) groups excluding carboxylic acids is 2. The molecule has 0 radical (unpaired) electrons. The summed E-state index contributed by atoms with van der Waals surface area (Å²) in [5, 5.41) is 13.8. The second-order valence-corrected chi connectivity index (χ2v) is 6.67. The molecule has 0 fully saturated rings. The molecule has 2 rings (SSSR count). The standard InChI is InChI=1S/C19H20ClN3O4/c1-12-4-5-14(8-13(12)2)19(25)21-10-18(24)22(3)11-15-9-16(23(26)27)6-7-17(15)20/h4-9H,10-11H2,1-3H3,(H,21,25). The molecule has 2 amide bonds. The van der Waals surface area contributed by atoms with E-state index in [4.69, 9.17) is 11.6 Å². The Kier molecular flexibility index (Phi) is 6.52. The van der Waals surface area contributed by atoms with Gasteiger partial charge in [-0.05, 0) is 48.7 Å². The molecule has 2 aromatic rings. The second kappa shape index (κ2) is 8.64. The van der Waals surface area contributed by atoms with Crippen molar-refractivity contribution in [1.29, 1.82) is 0 Å². The van der Waals surface area contributed by atoms with E-state index in [-0.39, 0.29) is 30.6 Å². The minimum absolute atomic E-state index is 0.0961. The van der Waals surface area contributed by atoms with Gasteiger partial charge in [-0.1, -0.05) is 17.7 Å². The van der Waals surface area contributed by atoms with Gasteiger partial charge in [-0.25, -0.2) is 0 Å². The summed E-state index contributed by atoms with van der Waals surface area (Å²) in [4.78, 5) is 36.2. The van der Waals surface area contributed by atoms with Crippen molar-refractivity contribution in [3.63, 3.8) is 0 Å². The maximum atomic E-state index is 12.3. The van der Waals surface area contributed by atoms with Crippen molar-refractivity contribution in [2.75, 3.05) is 13.6 Å². The molecule has 0 aliphatic carbocycles. The minimum Gasteiger partial charge on any atom is -0.343 e. The highest BCUT2D eigenvalue weighted by molar-refractivity contribution is 6.31. The van der Waals surface area contributed by atoms with Crippen molar-refractivity contribution in [2.24, 2.45) is 0 Å². The largest absolute Gasteiger partial charge is 0.343 e. The van der Waals surface area contributed by atoms with Crippen molar-refractivity contribution < 1.29 is 14.5 Å². The van der Waals surface area contributed by atoms with Crippen LogP contribution in [-0.4, -0.2) is 35.2 Å². The molecule has 0 heterocycles. The van der Waals surface area contributed by atoms with Gasteiger partial charge in [-0.2, -0.15) is 0 Å². The molecule has 0 saturated heterocycles. The first-order valence-electron chi connectivity index (χ1n) is 8.21. The number of hydrogen-bond donors (Lipinski definition) is 1. The predicted octanol–water partition coefficient (Wildman–Crippen LogP) is 3.25. The highest BCUT2D eigenvalue weighted by Crippen LogP contribution is 2.23. The molecule has 8 heteroatoms. The number of hydrogen-bond acceptors (Lipinski definition) is 4. The number of halogens is 1. The zero-order valence-corrected chi connectivity index (χ0v) is 16.0. The number of rotatable bonds is 6. The van der Waals surface area contributed by atoms with E-state index in [9.17, 15) is 19.7 Å². The minimum atomic E-state index is -0.522. The summed E-state index contributed by atoms with van der Waals surface area (Å²) in [5.74, 6) is -0.678. The first-order chi connectivity index (χ1) is 12.7. The number of carbonyl (C=O) groups is 2. The number of non-ortho nitro benzene ring substituents is 1. The lowest BCUT2D eigenvalue weighted by Crippen LogP contribution is -2.37. The lowest BCUT2D eigenvalue weighted by Gasteiger charge is -2.18. The summed E-state index contributed by atoms with van der Waals surface area (Å²) in [6.45, 7) is 3.77. The number of nitro benzene ring substituents is 1. The third-order valence-electron chi connectivity index (χ3n) is 4.24. The molecule has 0 aliphatic rings. The first-order valence-corrected chi connectivity index (χ1v) is 8.59. The second-order valence-electron chi connectivity index (χ2n) is 6.26. The van der Waals surface area contributed by atoms with E-state index in [2.05, 4.69) is 5.32 Å². The number of likely N-dealkylation sites (N-methyl/N-ethyl adjacent to an activating group) is 1. The molecule has 0 spiro atoms. The SMILES string of the molecule is Cc1ccc(C(=O)NCC(=O)N(C)Cc2cc([N+](=O)[O-])ccc2Cl)cc1C. The number of nitrogens with one attached hydrogen (secondary N) is 1. The zero-order chi connectivity index (χ0) is 20.1. The van der Waals surface area contributed by atoms with E-state index in [1.54, 1.807) is 19.2 Å². The van der Waals surface area contributed by atoms with Gasteiger partial charge in [-0.3, -0.25) is 19.7 Å². The van der Waals surface area contributed by atoms with E-state index in [0.717, 1.165) is 11.1 Å². The van der Waals surface area contributed by atoms with E-state index in [1.807, 2.05) is 19.9 Å². The van der Waals surface area contributed by atoms with Gasteiger partial charge in [0, 0.05) is 36.3 Å². The fourth-order valence-corrected chi connectivity index (χ4v) is 2.59. The van der Waals surface area contributed by atoms with Crippen LogP contribution in [0.15, 0.2) is 36.4 Å². The fourth-order valence-electron chi connectivity index (χ4n) is 2.42. The summed E-state index contributed by atoms with van der Waals surface area (Å²) in [5.41, 5.74) is 2.92. The van der Waals surface area contributed by atoms with Crippen molar-refractivity contribution in [1.82, 2.24) is 10.2 Å². The average Bonchev–Trinajstić information content (AvgIpc) is 2.63. The Labute approximate surface area is 162 Å². The highest BCUT2D eigenvalue weighted by atomic mass is 35.5. The predicted molar refractivity (Wildman–Crippen MR) is 103 cm³/mol. The molecule has 2 aromatic carbocycles. The summed E-state index contributed by atoms with van der Waals surface area (Å²) >= 11 is 6.05. The van der Waals surface area contributed by atoms with Gasteiger partial charge >= 0.3 is 0 Å². The Bertz CT molecular complexity index is 899. The average molecular weight is 390 g/mol. The maximum absolute atomic E-state index is 12.3. The lowest BCUT2D eigenvalue weighted by molar-refractivity contribution is -0.384. The van der Waals surface area contributed by atoms with Gasteiger partial charge < -0.3 is 10.2 Å². The Morgan fingerprint density at radius 2 is 1.85 bits per heavy atom. The van der Waals surface area contributed by atoms with Gasteiger partial charge in [0.1, 0.15) is 0 Å². The number of amides is 2. The van der Waals surface area contributed by atoms with Gasteiger partial charge in [0.15, 0.2) is 0 Å². The number of nitrogens with zero attached hydrogens (tertiary/aromatic N) is 2. The summed E-state index contributed by atoms with van der Waals surface area (Å²) < 4.78 is 0. The third kappa shape index (κ3) is 5.27. The molecule has 0 aromatic heterocycles. The van der Waals surface area contributed by atoms with E-state index in [1.165, 1.54) is 23.1 Å². The van der Waals surface area contributed by atoms with Crippen LogP contribution in [0.25, 0.3) is 0 Å². The Morgan fingerprint density at radius 1 is 1.15 bits per heavy atom. The lowest BCUT2D eigenvalue weighted by atomic mass is 10.1. The fraction of sp³-hybridized carbons (Fsp3) is 0.263. The molecule has 27 heavy (non-hydrogen) atoms. The molecule has 7 nitrogen and oxygen atoms in total. The van der Waals surface area contributed by atoms with Crippen LogP contribution in [-0.2, 0) is 11.3 Å². The number of nitro groups is 1. The van der Waals surface area contributed by atoms with Crippen LogP contribution < -0.4 is 5.32 Å². The van der Waals surface area contributed by atoms with Crippen LogP contribution in [0, 0.1) is 24.0 Å². The molecule has 0 unspecified atom stereocenters. The molecular weight excluding hydrogens is 370 g/mol. The monoisotopic (exact) mass is 389 g/mol. The number of benzene rings is 2. The molecule has 0 aliphatic heterocycles. The Morgan fingerprint density at radius 3 is 2.48 bits per heavy atom. The zero-order valence-electron chi connectivity index (χ0n) is 15.3. The van der Waals surface area contributed by atoms with Crippen molar-refractivity contribution in [3.05, 3.63) is 73.8 Å². The van der Waals surface area contributed by atoms with Crippen molar-refractivity contribution >= 4 is 29.1 Å². The summed E-state index contributed by atoms with van der Waals surface area (Å²) in [6.07, 6.45) is 0. The van der Waals surface area contributed by atoms with Gasteiger partial charge in [0.25, 0.3) is 11.6 Å². The van der Waals surface area contributed by atoms with Gasteiger partial charge in [0.05, 0.1) is 11.5 Å². The van der Waals surface area contributed by atoms with E-state index in [0.29, 0.717) is 16.1 Å². The van der Waals surface area contributed by atoms with Crippen LogP contribution in [0.1, 0.15) is 27.0 Å². The molecule has 0 bridgehead atoms. The molecular formula is C19H20ClN3O4. The van der Waals surface area contributed by atoms with Crippen LogP contribution in [0.3, 0.4) is 0 Å². The van der Waals surface area contributed by atoms with Crippen LogP contribution >= 0.6 is 11.6 Å². The van der Waals surface area contributed by atoms with Gasteiger partial charge in [-0.15, -0.1) is 0 Å². The van der Waals surface area contributed by atoms with E-state index < -0.39 is 4.92 Å². The third-order valence-corrected chi connectivity index (χ3v) is 4.61. The molecule has 142 valence electrons. The topological polar surface area (TPSA) is 92.6 Å². The Hall–Kier alpha value is -2.93. The highest BCUT2D eigenvalue weighted by Gasteiger charge is 2.16. The van der Waals surface area contributed by atoms with Crippen LogP contribution in [0.4, 0.5) is 5.69 Å². The first kappa shape index (κ1) is 20.4.